The number of nitrogens with one attached hydrogen (secondary N) is 1. The highest BCUT2D eigenvalue weighted by atomic mass is 19.3. The van der Waals surface area contributed by atoms with E-state index in [-0.39, 0.29) is 0 Å². The van der Waals surface area contributed by atoms with Crippen molar-refractivity contribution in [3.63, 3.8) is 0 Å². The summed E-state index contributed by atoms with van der Waals surface area (Å²) >= 11 is 0. The molecule has 1 saturated carbocycles. The van der Waals surface area contributed by atoms with E-state index in [1.54, 1.807) is 0 Å². The van der Waals surface area contributed by atoms with Crippen molar-refractivity contribution < 1.29 is 13.6 Å². The lowest BCUT2D eigenvalue weighted by atomic mass is 9.84. The first-order valence-corrected chi connectivity index (χ1v) is 6.50. The average molecular weight is 246 g/mol. The van der Waals surface area contributed by atoms with Crippen molar-refractivity contribution in [2.24, 2.45) is 5.92 Å². The number of amides is 1. The van der Waals surface area contributed by atoms with Gasteiger partial charge in [-0.2, -0.15) is 8.78 Å². The molecule has 5 heteroatoms. The van der Waals surface area contributed by atoms with Gasteiger partial charge in [0.15, 0.2) is 0 Å². The van der Waals surface area contributed by atoms with Crippen molar-refractivity contribution in [3.05, 3.63) is 0 Å². The maximum absolute atomic E-state index is 14.1. The van der Waals surface area contributed by atoms with Gasteiger partial charge in [-0.3, -0.25) is 4.79 Å². The third kappa shape index (κ3) is 2.76. The lowest BCUT2D eigenvalue weighted by Crippen LogP contribution is -2.54. The van der Waals surface area contributed by atoms with Crippen LogP contribution in [0.15, 0.2) is 0 Å². The summed E-state index contributed by atoms with van der Waals surface area (Å²) in [5, 5.41) is 3.06. The van der Waals surface area contributed by atoms with E-state index in [4.69, 9.17) is 0 Å². The van der Waals surface area contributed by atoms with Crippen LogP contribution < -0.4 is 5.32 Å². The fourth-order valence-corrected chi connectivity index (χ4v) is 2.72. The van der Waals surface area contributed by atoms with Crippen LogP contribution >= 0.6 is 0 Å². The van der Waals surface area contributed by atoms with Crippen molar-refractivity contribution in [1.29, 1.82) is 0 Å². The predicted octanol–water partition coefficient (Wildman–Crippen LogP) is 1.63. The molecule has 2 fully saturated rings. The number of carbonyl (C=O) groups is 1. The van der Waals surface area contributed by atoms with Gasteiger partial charge in [-0.1, -0.05) is 19.3 Å². The van der Waals surface area contributed by atoms with Crippen molar-refractivity contribution in [3.8, 4) is 0 Å². The molecule has 0 radical (unpaired) electrons. The number of alkyl halides is 2. The normalized spacial score (nSPS) is 23.8. The summed E-state index contributed by atoms with van der Waals surface area (Å²) in [6.07, 6.45) is 3.66. The third-order valence-electron chi connectivity index (χ3n) is 3.81. The van der Waals surface area contributed by atoms with Crippen LogP contribution in [0.3, 0.4) is 0 Å². The maximum Gasteiger partial charge on any atom is 0.327 e. The van der Waals surface area contributed by atoms with E-state index in [1.807, 2.05) is 0 Å². The smallest absolute Gasteiger partial charge is 0.327 e. The monoisotopic (exact) mass is 246 g/mol. The Bertz CT molecular complexity index is 272. The van der Waals surface area contributed by atoms with Crippen molar-refractivity contribution in [1.82, 2.24) is 10.2 Å². The van der Waals surface area contributed by atoms with Crippen LogP contribution in [-0.4, -0.2) is 42.9 Å². The van der Waals surface area contributed by atoms with Gasteiger partial charge in [0.25, 0.3) is 5.91 Å². The van der Waals surface area contributed by atoms with E-state index in [0.717, 1.165) is 19.3 Å². The number of rotatable bonds is 2. The molecule has 3 nitrogen and oxygen atoms in total. The second-order valence-corrected chi connectivity index (χ2v) is 5.00. The van der Waals surface area contributed by atoms with Gasteiger partial charge in [0, 0.05) is 32.1 Å². The Morgan fingerprint density at radius 3 is 2.29 bits per heavy atom. The Kier molecular flexibility index (Phi) is 3.97. The SMILES string of the molecule is O=C(N1CCNCC1)C(F)(F)C1CCCCC1. The molecule has 0 atom stereocenters. The second-order valence-electron chi connectivity index (χ2n) is 5.00. The van der Waals surface area contributed by atoms with Crippen LogP contribution in [0.25, 0.3) is 0 Å². The minimum atomic E-state index is -3.15. The molecule has 0 bridgehead atoms. The molecular formula is C12H20F2N2O. The molecule has 0 unspecified atom stereocenters. The average Bonchev–Trinajstić information content (AvgIpc) is 2.40. The molecule has 0 aromatic carbocycles. The van der Waals surface area contributed by atoms with Gasteiger partial charge in [-0.05, 0) is 12.8 Å². The van der Waals surface area contributed by atoms with Gasteiger partial charge in [0.05, 0.1) is 0 Å². The number of halogens is 2. The van der Waals surface area contributed by atoms with E-state index >= 15 is 0 Å². The van der Waals surface area contributed by atoms with Crippen molar-refractivity contribution in [2.75, 3.05) is 26.2 Å². The number of carbonyl (C=O) groups excluding carboxylic acids is 1. The summed E-state index contributed by atoms with van der Waals surface area (Å²) in [7, 11) is 0. The third-order valence-corrected chi connectivity index (χ3v) is 3.81. The van der Waals surface area contributed by atoms with Gasteiger partial charge in [0.1, 0.15) is 0 Å². The molecular weight excluding hydrogens is 226 g/mol. The number of hydrogen-bond donors (Lipinski definition) is 1. The van der Waals surface area contributed by atoms with E-state index < -0.39 is 17.7 Å². The highest BCUT2D eigenvalue weighted by Crippen LogP contribution is 2.37. The molecule has 2 rings (SSSR count). The number of piperazine rings is 1. The van der Waals surface area contributed by atoms with E-state index in [0.29, 0.717) is 39.0 Å². The molecule has 1 saturated heterocycles. The minimum absolute atomic E-state index is 0.404. The van der Waals surface area contributed by atoms with Crippen LogP contribution in [0.5, 0.6) is 0 Å². The molecule has 1 aliphatic carbocycles. The zero-order valence-corrected chi connectivity index (χ0v) is 10.1. The molecule has 0 spiro atoms. The van der Waals surface area contributed by atoms with Crippen LogP contribution in [-0.2, 0) is 4.79 Å². The molecule has 1 amide bonds. The highest BCUT2D eigenvalue weighted by molar-refractivity contribution is 5.84. The van der Waals surface area contributed by atoms with Crippen LogP contribution in [0.2, 0.25) is 0 Å². The van der Waals surface area contributed by atoms with Gasteiger partial charge in [-0.25, -0.2) is 0 Å². The quantitative estimate of drug-likeness (QED) is 0.803. The number of hydrogen-bond acceptors (Lipinski definition) is 2. The summed E-state index contributed by atoms with van der Waals surface area (Å²) < 4.78 is 28.2. The molecule has 1 heterocycles. The topological polar surface area (TPSA) is 32.3 Å². The molecule has 2 aliphatic rings. The van der Waals surface area contributed by atoms with Crippen LogP contribution in [0, 0.1) is 5.92 Å². The van der Waals surface area contributed by atoms with E-state index in [2.05, 4.69) is 5.32 Å². The van der Waals surface area contributed by atoms with Crippen LogP contribution in [0.1, 0.15) is 32.1 Å². The molecule has 0 aromatic heterocycles. The fourth-order valence-electron chi connectivity index (χ4n) is 2.72. The van der Waals surface area contributed by atoms with Gasteiger partial charge >= 0.3 is 5.92 Å². The second kappa shape index (κ2) is 5.29. The molecule has 1 N–H and O–H groups in total. The van der Waals surface area contributed by atoms with Gasteiger partial charge in [0.2, 0.25) is 0 Å². The molecule has 1 aliphatic heterocycles. The zero-order valence-electron chi connectivity index (χ0n) is 10.1. The highest BCUT2D eigenvalue weighted by Gasteiger charge is 2.49. The van der Waals surface area contributed by atoms with E-state index in [9.17, 15) is 13.6 Å². The molecule has 0 aromatic rings. The van der Waals surface area contributed by atoms with Gasteiger partial charge < -0.3 is 10.2 Å². The van der Waals surface area contributed by atoms with Crippen molar-refractivity contribution in [2.45, 2.75) is 38.0 Å². The minimum Gasteiger partial charge on any atom is -0.335 e. The summed E-state index contributed by atoms with van der Waals surface area (Å²) in [4.78, 5) is 13.2. The van der Waals surface area contributed by atoms with Crippen LogP contribution in [0.4, 0.5) is 8.78 Å². The Morgan fingerprint density at radius 2 is 1.71 bits per heavy atom. The maximum atomic E-state index is 14.1. The standard InChI is InChI=1S/C12H20F2N2O/c13-12(14,10-4-2-1-3-5-10)11(17)16-8-6-15-7-9-16/h10,15H,1-9H2. The van der Waals surface area contributed by atoms with Crippen molar-refractivity contribution >= 4 is 5.91 Å². The zero-order chi connectivity index (χ0) is 12.3. The Hall–Kier alpha value is -0.710. The lowest BCUT2D eigenvalue weighted by Gasteiger charge is -2.35. The summed E-state index contributed by atoms with van der Waals surface area (Å²) in [6, 6.07) is 0. The largest absolute Gasteiger partial charge is 0.335 e. The lowest BCUT2D eigenvalue weighted by molar-refractivity contribution is -0.168. The first-order chi connectivity index (χ1) is 8.12. The molecule has 17 heavy (non-hydrogen) atoms. The Labute approximate surface area is 101 Å². The summed E-state index contributed by atoms with van der Waals surface area (Å²) in [5.41, 5.74) is 0. The summed E-state index contributed by atoms with van der Waals surface area (Å²) in [6.45, 7) is 2.04. The Balaban J connectivity index is 1.99. The first-order valence-electron chi connectivity index (χ1n) is 6.50. The first kappa shape index (κ1) is 12.7. The number of nitrogens with zero attached hydrogens (tertiary/aromatic N) is 1. The summed E-state index contributed by atoms with van der Waals surface area (Å²) in [5.74, 6) is -4.85. The molecule has 98 valence electrons. The van der Waals surface area contributed by atoms with Gasteiger partial charge in [-0.15, -0.1) is 0 Å². The van der Waals surface area contributed by atoms with E-state index in [1.165, 1.54) is 4.90 Å². The predicted molar refractivity (Wildman–Crippen MR) is 61.0 cm³/mol. The fraction of sp³-hybridized carbons (Fsp3) is 0.917. The Morgan fingerprint density at radius 1 is 1.12 bits per heavy atom.